The van der Waals surface area contributed by atoms with Crippen molar-refractivity contribution in [2.75, 3.05) is 0 Å². The van der Waals surface area contributed by atoms with Crippen molar-refractivity contribution in [1.82, 2.24) is 9.97 Å². The molecule has 2 aromatic rings. The van der Waals surface area contributed by atoms with E-state index in [0.29, 0.717) is 11.6 Å². The molecule has 16 heavy (non-hydrogen) atoms. The lowest BCUT2D eigenvalue weighted by atomic mass is 10.3. The third-order valence-electron chi connectivity index (χ3n) is 2.10. The Labute approximate surface area is 93.6 Å². The molecule has 1 aromatic carbocycles. The molecule has 0 aliphatic carbocycles. The molecule has 4 nitrogen and oxygen atoms in total. The maximum Gasteiger partial charge on any atom is 0.222 e. The molecule has 4 heteroatoms. The fourth-order valence-corrected chi connectivity index (χ4v) is 1.29. The van der Waals surface area contributed by atoms with Gasteiger partial charge in [0.1, 0.15) is 17.8 Å². The van der Waals surface area contributed by atoms with Gasteiger partial charge in [-0.2, -0.15) is 0 Å². The molecule has 1 N–H and O–H groups in total. The lowest BCUT2D eigenvalue weighted by Crippen LogP contribution is -1.92. The van der Waals surface area contributed by atoms with Crippen LogP contribution >= 0.6 is 0 Å². The van der Waals surface area contributed by atoms with E-state index in [1.165, 1.54) is 12.4 Å². The predicted molar refractivity (Wildman–Crippen MR) is 59.6 cm³/mol. The largest absolute Gasteiger partial charge is 0.508 e. The van der Waals surface area contributed by atoms with E-state index in [9.17, 15) is 5.11 Å². The van der Waals surface area contributed by atoms with Gasteiger partial charge in [0.25, 0.3) is 0 Å². The van der Waals surface area contributed by atoms with Crippen molar-refractivity contribution < 1.29 is 9.84 Å². The van der Waals surface area contributed by atoms with Gasteiger partial charge < -0.3 is 9.84 Å². The van der Waals surface area contributed by atoms with Crippen molar-refractivity contribution in [1.29, 1.82) is 0 Å². The minimum absolute atomic E-state index is 0.169. The van der Waals surface area contributed by atoms with E-state index in [2.05, 4.69) is 9.97 Å². The van der Waals surface area contributed by atoms with Gasteiger partial charge in [0.15, 0.2) is 0 Å². The molecule has 0 aliphatic heterocycles. The topological polar surface area (TPSA) is 55.2 Å². The minimum Gasteiger partial charge on any atom is -0.508 e. The van der Waals surface area contributed by atoms with E-state index in [0.717, 1.165) is 12.1 Å². The first-order chi connectivity index (χ1) is 7.78. The van der Waals surface area contributed by atoms with Gasteiger partial charge in [-0.3, -0.25) is 0 Å². The smallest absolute Gasteiger partial charge is 0.222 e. The predicted octanol–water partition coefficient (Wildman–Crippen LogP) is 2.54. The molecule has 82 valence electrons. The molecular weight excluding hydrogens is 204 g/mol. The SMILES string of the molecule is CCc1cc(Oc2cccc(O)c2)ncn1. The van der Waals surface area contributed by atoms with Gasteiger partial charge in [0, 0.05) is 17.8 Å². The van der Waals surface area contributed by atoms with Crippen LogP contribution in [0.15, 0.2) is 36.7 Å². The number of aromatic hydroxyl groups is 1. The van der Waals surface area contributed by atoms with Crippen LogP contribution in [0.4, 0.5) is 0 Å². The van der Waals surface area contributed by atoms with E-state index in [1.54, 1.807) is 24.3 Å². The van der Waals surface area contributed by atoms with E-state index in [-0.39, 0.29) is 5.75 Å². The molecule has 1 aromatic heterocycles. The summed E-state index contributed by atoms with van der Waals surface area (Å²) in [6, 6.07) is 8.38. The number of nitrogens with zero attached hydrogens (tertiary/aromatic N) is 2. The van der Waals surface area contributed by atoms with Crippen LogP contribution in [0.1, 0.15) is 12.6 Å². The molecule has 0 atom stereocenters. The number of phenols is 1. The second kappa shape index (κ2) is 4.61. The lowest BCUT2D eigenvalue weighted by Gasteiger charge is -2.05. The first kappa shape index (κ1) is 10.4. The average Bonchev–Trinajstić information content (AvgIpc) is 2.29. The highest BCUT2D eigenvalue weighted by Crippen LogP contribution is 2.23. The quantitative estimate of drug-likeness (QED) is 0.856. The number of hydrogen-bond acceptors (Lipinski definition) is 4. The van der Waals surface area contributed by atoms with Crippen molar-refractivity contribution in [3.8, 4) is 17.4 Å². The summed E-state index contributed by atoms with van der Waals surface area (Å²) in [7, 11) is 0. The van der Waals surface area contributed by atoms with Gasteiger partial charge in [-0.05, 0) is 18.6 Å². The second-order valence-electron chi connectivity index (χ2n) is 3.30. The highest BCUT2D eigenvalue weighted by molar-refractivity contribution is 5.34. The first-order valence-corrected chi connectivity index (χ1v) is 5.05. The standard InChI is InChI=1S/C12H12N2O2/c1-2-9-6-12(14-8-13-9)16-11-5-3-4-10(15)7-11/h3-8,15H,2H2,1H3. The molecule has 1 heterocycles. The zero-order valence-corrected chi connectivity index (χ0v) is 8.92. The monoisotopic (exact) mass is 216 g/mol. The van der Waals surface area contributed by atoms with Gasteiger partial charge in [-0.15, -0.1) is 0 Å². The number of aromatic nitrogens is 2. The number of phenolic OH excluding ortho intramolecular Hbond substituents is 1. The average molecular weight is 216 g/mol. The van der Waals surface area contributed by atoms with Crippen LogP contribution in [0.25, 0.3) is 0 Å². The molecule has 0 unspecified atom stereocenters. The maximum atomic E-state index is 9.28. The number of aryl methyl sites for hydroxylation is 1. The number of ether oxygens (including phenoxy) is 1. The summed E-state index contributed by atoms with van der Waals surface area (Å²) < 4.78 is 5.49. The van der Waals surface area contributed by atoms with Crippen LogP contribution < -0.4 is 4.74 Å². The summed E-state index contributed by atoms with van der Waals surface area (Å²) in [5, 5.41) is 9.28. The lowest BCUT2D eigenvalue weighted by molar-refractivity contribution is 0.444. The number of rotatable bonds is 3. The highest BCUT2D eigenvalue weighted by Gasteiger charge is 2.01. The van der Waals surface area contributed by atoms with E-state index in [4.69, 9.17) is 4.74 Å². The van der Waals surface area contributed by atoms with E-state index in [1.807, 2.05) is 6.92 Å². The Hall–Kier alpha value is -2.10. The summed E-state index contributed by atoms with van der Waals surface area (Å²) in [6.07, 6.45) is 2.30. The number of hydrogen-bond donors (Lipinski definition) is 1. The normalized spacial score (nSPS) is 10.1. The Balaban J connectivity index is 2.20. The summed E-state index contributed by atoms with van der Waals surface area (Å²) >= 11 is 0. The zero-order valence-electron chi connectivity index (χ0n) is 8.92. The third kappa shape index (κ3) is 2.48. The van der Waals surface area contributed by atoms with Crippen LogP contribution in [0.2, 0.25) is 0 Å². The molecule has 0 radical (unpaired) electrons. The Morgan fingerprint density at radius 1 is 1.25 bits per heavy atom. The molecule has 0 fully saturated rings. The number of benzene rings is 1. The van der Waals surface area contributed by atoms with Gasteiger partial charge in [-0.25, -0.2) is 9.97 Å². The summed E-state index contributed by atoms with van der Waals surface area (Å²) in [5.74, 6) is 1.21. The Morgan fingerprint density at radius 2 is 2.12 bits per heavy atom. The van der Waals surface area contributed by atoms with Gasteiger partial charge in [0.05, 0.1) is 0 Å². The second-order valence-corrected chi connectivity index (χ2v) is 3.30. The molecule has 0 saturated heterocycles. The molecule has 0 spiro atoms. The fourth-order valence-electron chi connectivity index (χ4n) is 1.29. The Bertz CT molecular complexity index is 486. The van der Waals surface area contributed by atoms with Crippen molar-refractivity contribution in [2.45, 2.75) is 13.3 Å². The fraction of sp³-hybridized carbons (Fsp3) is 0.167. The summed E-state index contributed by atoms with van der Waals surface area (Å²) in [5.41, 5.74) is 0.921. The van der Waals surface area contributed by atoms with E-state index >= 15 is 0 Å². The van der Waals surface area contributed by atoms with Gasteiger partial charge in [0.2, 0.25) is 5.88 Å². The molecule has 0 saturated carbocycles. The molecule has 0 amide bonds. The van der Waals surface area contributed by atoms with Gasteiger partial charge >= 0.3 is 0 Å². The van der Waals surface area contributed by atoms with Crippen molar-refractivity contribution >= 4 is 0 Å². The first-order valence-electron chi connectivity index (χ1n) is 5.05. The maximum absolute atomic E-state index is 9.28. The third-order valence-corrected chi connectivity index (χ3v) is 2.10. The van der Waals surface area contributed by atoms with Crippen LogP contribution in [0, 0.1) is 0 Å². The minimum atomic E-state index is 0.169. The Kier molecular flexibility index (Phi) is 3.00. The van der Waals surface area contributed by atoms with Crippen molar-refractivity contribution in [3.05, 3.63) is 42.4 Å². The zero-order chi connectivity index (χ0) is 11.4. The van der Waals surface area contributed by atoms with E-state index < -0.39 is 0 Å². The summed E-state index contributed by atoms with van der Waals surface area (Å²) in [6.45, 7) is 2.01. The van der Waals surface area contributed by atoms with Gasteiger partial charge in [-0.1, -0.05) is 13.0 Å². The van der Waals surface area contributed by atoms with Crippen LogP contribution in [0.3, 0.4) is 0 Å². The molecular formula is C12H12N2O2. The molecule has 0 aliphatic rings. The van der Waals surface area contributed by atoms with Crippen LogP contribution in [0.5, 0.6) is 17.4 Å². The van der Waals surface area contributed by atoms with Crippen LogP contribution in [-0.4, -0.2) is 15.1 Å². The molecule has 2 rings (SSSR count). The van der Waals surface area contributed by atoms with Crippen molar-refractivity contribution in [2.24, 2.45) is 0 Å². The van der Waals surface area contributed by atoms with Crippen molar-refractivity contribution in [3.63, 3.8) is 0 Å². The summed E-state index contributed by atoms with van der Waals surface area (Å²) in [4.78, 5) is 8.07. The molecule has 0 bridgehead atoms. The highest BCUT2D eigenvalue weighted by atomic mass is 16.5. The Morgan fingerprint density at radius 3 is 2.88 bits per heavy atom. The van der Waals surface area contributed by atoms with Crippen LogP contribution in [-0.2, 0) is 6.42 Å².